The highest BCUT2D eigenvalue weighted by atomic mass is 14.9. The minimum absolute atomic E-state index is 0.789. The van der Waals surface area contributed by atoms with Crippen molar-refractivity contribution < 1.29 is 0 Å². The van der Waals surface area contributed by atoms with Crippen molar-refractivity contribution in [1.29, 1.82) is 0 Å². The fraction of sp³-hybridized carbons (Fsp3) is 0. The summed E-state index contributed by atoms with van der Waals surface area (Å²) >= 11 is 0. The number of nitrogens with zero attached hydrogens (tertiary/aromatic N) is 4. The molecule has 0 N–H and O–H groups in total. The van der Waals surface area contributed by atoms with Crippen LogP contribution in [0.3, 0.4) is 0 Å². The molecule has 0 aliphatic carbocycles. The van der Waals surface area contributed by atoms with Crippen molar-refractivity contribution in [1.82, 2.24) is 19.9 Å². The Balaban J connectivity index is 1.51. The third-order valence-corrected chi connectivity index (χ3v) is 6.64. The maximum Gasteiger partial charge on any atom is 0.0973 e. The van der Waals surface area contributed by atoms with Gasteiger partial charge in [0.05, 0.1) is 44.8 Å². The summed E-state index contributed by atoms with van der Waals surface area (Å²) in [5.74, 6) is 0. The van der Waals surface area contributed by atoms with Crippen molar-refractivity contribution in [2.45, 2.75) is 0 Å². The van der Waals surface area contributed by atoms with Gasteiger partial charge in [-0.15, -0.1) is 0 Å². The molecular formula is C34H22N4. The number of aromatic nitrogens is 4. The van der Waals surface area contributed by atoms with E-state index in [-0.39, 0.29) is 0 Å². The minimum atomic E-state index is 0.789. The van der Waals surface area contributed by atoms with Crippen LogP contribution in [0.4, 0.5) is 0 Å². The summed E-state index contributed by atoms with van der Waals surface area (Å²) in [4.78, 5) is 20.5. The van der Waals surface area contributed by atoms with E-state index in [4.69, 9.17) is 19.9 Å². The van der Waals surface area contributed by atoms with Gasteiger partial charge in [-0.1, -0.05) is 121 Å². The third kappa shape index (κ3) is 3.98. The molecule has 0 fully saturated rings. The molecule has 4 nitrogen and oxygen atoms in total. The number of hydrogen-bond acceptors (Lipinski definition) is 4. The highest BCUT2D eigenvalue weighted by Gasteiger charge is 2.17. The van der Waals surface area contributed by atoms with E-state index >= 15 is 0 Å². The van der Waals surface area contributed by atoms with Gasteiger partial charge in [0.25, 0.3) is 0 Å². The van der Waals surface area contributed by atoms with Crippen LogP contribution in [0.1, 0.15) is 0 Å². The molecule has 7 rings (SSSR count). The lowest BCUT2D eigenvalue weighted by Crippen LogP contribution is -1.99. The first-order valence-corrected chi connectivity index (χ1v) is 12.6. The summed E-state index contributed by atoms with van der Waals surface area (Å²) in [5, 5.41) is 0. The molecule has 0 aliphatic rings. The smallest absolute Gasteiger partial charge is 0.0973 e. The van der Waals surface area contributed by atoms with Gasteiger partial charge in [-0.3, -0.25) is 0 Å². The minimum Gasteiger partial charge on any atom is -0.244 e. The van der Waals surface area contributed by atoms with E-state index in [9.17, 15) is 0 Å². The summed E-state index contributed by atoms with van der Waals surface area (Å²) in [5.41, 5.74) is 10.6. The van der Waals surface area contributed by atoms with E-state index in [0.717, 1.165) is 67.1 Å². The zero-order valence-electron chi connectivity index (χ0n) is 20.5. The van der Waals surface area contributed by atoms with Gasteiger partial charge >= 0.3 is 0 Å². The van der Waals surface area contributed by atoms with Gasteiger partial charge in [-0.25, -0.2) is 19.9 Å². The molecule has 2 heterocycles. The maximum absolute atomic E-state index is 5.12. The molecular weight excluding hydrogens is 464 g/mol. The molecule has 4 heteroatoms. The lowest BCUT2D eigenvalue weighted by Gasteiger charge is -2.13. The highest BCUT2D eigenvalue weighted by Crippen LogP contribution is 2.34. The van der Waals surface area contributed by atoms with E-state index in [1.807, 2.05) is 84.9 Å². The largest absolute Gasteiger partial charge is 0.244 e. The Kier molecular flexibility index (Phi) is 5.41. The molecule has 2 aromatic heterocycles. The monoisotopic (exact) mass is 486 g/mol. The number of rotatable bonds is 4. The van der Waals surface area contributed by atoms with Gasteiger partial charge in [0.15, 0.2) is 0 Å². The van der Waals surface area contributed by atoms with Crippen molar-refractivity contribution in [3.63, 3.8) is 0 Å². The average molecular weight is 487 g/mol. The van der Waals surface area contributed by atoms with Crippen LogP contribution in [0.25, 0.3) is 67.1 Å². The molecule has 0 atom stereocenters. The molecule has 0 unspecified atom stereocenters. The number of fused-ring (bicyclic) bond motifs is 2. The summed E-state index contributed by atoms with van der Waals surface area (Å²) in [7, 11) is 0. The fourth-order valence-electron chi connectivity index (χ4n) is 4.80. The van der Waals surface area contributed by atoms with Gasteiger partial charge in [-0.2, -0.15) is 0 Å². The van der Waals surface area contributed by atoms with Crippen LogP contribution in [-0.2, 0) is 0 Å². The predicted molar refractivity (Wildman–Crippen MR) is 154 cm³/mol. The highest BCUT2D eigenvalue weighted by molar-refractivity contribution is 5.96. The molecule has 0 spiro atoms. The van der Waals surface area contributed by atoms with Gasteiger partial charge in [0.1, 0.15) is 0 Å². The summed E-state index contributed by atoms with van der Waals surface area (Å²) in [6.07, 6.45) is 0. The van der Waals surface area contributed by atoms with Gasteiger partial charge in [0, 0.05) is 22.3 Å². The first-order chi connectivity index (χ1) is 18.8. The van der Waals surface area contributed by atoms with Gasteiger partial charge < -0.3 is 0 Å². The van der Waals surface area contributed by atoms with E-state index < -0.39 is 0 Å². The van der Waals surface area contributed by atoms with Crippen molar-refractivity contribution in [3.8, 4) is 45.0 Å². The Labute approximate surface area is 220 Å². The molecule has 0 saturated heterocycles. The standard InChI is InChI=1S/C34H22N4/c1-5-13-23(14-6-1)31-32(24-15-7-2-8-16-24)36-28-22-30-29(21-27(28)35-31)37-33(25-17-9-3-10-18-25)34(38-30)26-19-11-4-12-20-26/h1-22H. The summed E-state index contributed by atoms with van der Waals surface area (Å²) in [6.45, 7) is 0. The van der Waals surface area contributed by atoms with Crippen LogP contribution in [-0.4, -0.2) is 19.9 Å². The molecule has 5 aromatic carbocycles. The molecule has 38 heavy (non-hydrogen) atoms. The van der Waals surface area contributed by atoms with Crippen molar-refractivity contribution in [2.75, 3.05) is 0 Å². The molecule has 0 bridgehead atoms. The SMILES string of the molecule is c1ccc(-c2nc3cc4nc(-c5ccccc5)c(-c5ccccc5)nc4cc3nc2-c2ccccc2)cc1. The topological polar surface area (TPSA) is 51.6 Å². The van der Waals surface area contributed by atoms with Crippen LogP contribution >= 0.6 is 0 Å². The lowest BCUT2D eigenvalue weighted by atomic mass is 10.0. The van der Waals surface area contributed by atoms with E-state index in [0.29, 0.717) is 0 Å². The number of benzene rings is 5. The zero-order chi connectivity index (χ0) is 25.3. The van der Waals surface area contributed by atoms with Crippen molar-refractivity contribution >= 4 is 22.1 Å². The summed E-state index contributed by atoms with van der Waals surface area (Å²) in [6, 6.07) is 44.9. The fourth-order valence-corrected chi connectivity index (χ4v) is 4.80. The maximum atomic E-state index is 5.12. The molecule has 0 radical (unpaired) electrons. The van der Waals surface area contributed by atoms with Crippen LogP contribution in [0.5, 0.6) is 0 Å². The molecule has 7 aromatic rings. The van der Waals surface area contributed by atoms with Crippen molar-refractivity contribution in [2.24, 2.45) is 0 Å². The Hall–Kier alpha value is -5.22. The van der Waals surface area contributed by atoms with E-state index in [1.54, 1.807) is 0 Å². The molecule has 178 valence electrons. The van der Waals surface area contributed by atoms with Crippen LogP contribution in [0.2, 0.25) is 0 Å². The molecule has 0 saturated carbocycles. The molecule has 0 aliphatic heterocycles. The number of hydrogen-bond donors (Lipinski definition) is 0. The van der Waals surface area contributed by atoms with Crippen LogP contribution in [0, 0.1) is 0 Å². The lowest BCUT2D eigenvalue weighted by molar-refractivity contribution is 1.27. The second kappa shape index (κ2) is 9.34. The van der Waals surface area contributed by atoms with E-state index in [1.165, 1.54) is 0 Å². The second-order valence-corrected chi connectivity index (χ2v) is 9.14. The van der Waals surface area contributed by atoms with Crippen molar-refractivity contribution in [3.05, 3.63) is 133 Å². The Bertz CT molecular complexity index is 1610. The second-order valence-electron chi connectivity index (χ2n) is 9.14. The van der Waals surface area contributed by atoms with Crippen LogP contribution < -0.4 is 0 Å². The van der Waals surface area contributed by atoms with E-state index in [2.05, 4.69) is 48.5 Å². The zero-order valence-corrected chi connectivity index (χ0v) is 20.5. The van der Waals surface area contributed by atoms with Crippen LogP contribution in [0.15, 0.2) is 133 Å². The first kappa shape index (κ1) is 22.0. The summed E-state index contributed by atoms with van der Waals surface area (Å²) < 4.78 is 0. The average Bonchev–Trinajstić information content (AvgIpc) is 3.00. The molecule has 0 amide bonds. The van der Waals surface area contributed by atoms with Gasteiger partial charge in [-0.05, 0) is 12.1 Å². The predicted octanol–water partition coefficient (Wildman–Crippen LogP) is 8.24. The Morgan fingerprint density at radius 3 is 0.684 bits per heavy atom. The first-order valence-electron chi connectivity index (χ1n) is 12.6. The Morgan fingerprint density at radius 1 is 0.263 bits per heavy atom. The normalized spacial score (nSPS) is 11.2. The quantitative estimate of drug-likeness (QED) is 0.235. The third-order valence-electron chi connectivity index (χ3n) is 6.64. The van der Waals surface area contributed by atoms with Gasteiger partial charge in [0.2, 0.25) is 0 Å². The Morgan fingerprint density at radius 2 is 0.474 bits per heavy atom.